The second kappa shape index (κ2) is 7.51. The Balaban J connectivity index is 1.37. The van der Waals surface area contributed by atoms with Crippen LogP contribution in [0, 0.1) is 5.92 Å². The lowest BCUT2D eigenvalue weighted by Gasteiger charge is -2.51. The molecule has 0 saturated carbocycles. The first-order valence-corrected chi connectivity index (χ1v) is 10.2. The number of nitrogens with zero attached hydrogens (tertiary/aromatic N) is 2. The van der Waals surface area contributed by atoms with Crippen LogP contribution in [0.2, 0.25) is 0 Å². The van der Waals surface area contributed by atoms with E-state index in [9.17, 15) is 14.4 Å². The Morgan fingerprint density at radius 3 is 2.43 bits per heavy atom. The van der Waals surface area contributed by atoms with E-state index in [1.807, 2.05) is 0 Å². The number of fused-ring (bicyclic) bond motifs is 1. The number of quaternary nitrogens is 1. The summed E-state index contributed by atoms with van der Waals surface area (Å²) in [6, 6.07) is 7.03. The minimum Gasteiger partial charge on any atom is -0.462 e. The van der Waals surface area contributed by atoms with E-state index in [0.717, 1.165) is 15.8 Å². The van der Waals surface area contributed by atoms with Gasteiger partial charge in [0, 0.05) is 24.5 Å². The third-order valence-electron chi connectivity index (χ3n) is 6.61. The molecule has 148 valence electrons. The van der Waals surface area contributed by atoms with Gasteiger partial charge in [-0.1, -0.05) is 0 Å². The number of hydrogen-bond acceptors (Lipinski definition) is 4. The SMILES string of the molecule is C[N+]12CCCC[C@H]1[C@@H](COC(=O)c1ccc(N3C(=O)C=CC3=O)cc1)CCC2. The van der Waals surface area contributed by atoms with E-state index >= 15 is 0 Å². The zero-order chi connectivity index (χ0) is 19.7. The molecule has 2 saturated heterocycles. The van der Waals surface area contributed by atoms with Crippen LogP contribution < -0.4 is 4.90 Å². The van der Waals surface area contributed by atoms with Crippen molar-refractivity contribution in [3.05, 3.63) is 42.0 Å². The fourth-order valence-electron chi connectivity index (χ4n) is 5.10. The number of anilines is 1. The van der Waals surface area contributed by atoms with Crippen molar-refractivity contribution in [1.29, 1.82) is 0 Å². The predicted molar refractivity (Wildman–Crippen MR) is 105 cm³/mol. The van der Waals surface area contributed by atoms with E-state index in [1.165, 1.54) is 50.9 Å². The van der Waals surface area contributed by atoms with Gasteiger partial charge in [-0.15, -0.1) is 0 Å². The van der Waals surface area contributed by atoms with Gasteiger partial charge in [-0.3, -0.25) is 9.59 Å². The van der Waals surface area contributed by atoms with Gasteiger partial charge in [0.05, 0.1) is 37.4 Å². The van der Waals surface area contributed by atoms with Crippen LogP contribution in [0.4, 0.5) is 5.69 Å². The predicted octanol–water partition coefficient (Wildman–Crippen LogP) is 2.68. The molecule has 2 fully saturated rings. The van der Waals surface area contributed by atoms with Crippen LogP contribution in [-0.2, 0) is 14.3 Å². The summed E-state index contributed by atoms with van der Waals surface area (Å²) in [4.78, 5) is 37.1. The highest BCUT2D eigenvalue weighted by molar-refractivity contribution is 6.28. The molecule has 0 aromatic heterocycles. The lowest BCUT2D eigenvalue weighted by molar-refractivity contribution is -0.947. The lowest BCUT2D eigenvalue weighted by Crippen LogP contribution is -2.61. The second-order valence-electron chi connectivity index (χ2n) is 8.38. The van der Waals surface area contributed by atoms with Crippen molar-refractivity contribution in [3.63, 3.8) is 0 Å². The maximum Gasteiger partial charge on any atom is 0.338 e. The summed E-state index contributed by atoms with van der Waals surface area (Å²) >= 11 is 0. The summed E-state index contributed by atoms with van der Waals surface area (Å²) in [5, 5.41) is 0. The maximum absolute atomic E-state index is 12.5. The molecule has 0 aliphatic carbocycles. The Morgan fingerprint density at radius 2 is 1.71 bits per heavy atom. The van der Waals surface area contributed by atoms with Gasteiger partial charge in [0.1, 0.15) is 6.61 Å². The average molecular weight is 383 g/mol. The molecule has 1 aromatic rings. The summed E-state index contributed by atoms with van der Waals surface area (Å²) in [6.45, 7) is 2.94. The van der Waals surface area contributed by atoms with E-state index in [1.54, 1.807) is 24.3 Å². The molecule has 3 aliphatic heterocycles. The zero-order valence-corrected chi connectivity index (χ0v) is 16.3. The molecule has 0 bridgehead atoms. The highest BCUT2D eigenvalue weighted by atomic mass is 16.5. The molecule has 28 heavy (non-hydrogen) atoms. The maximum atomic E-state index is 12.5. The van der Waals surface area contributed by atoms with Gasteiger partial charge in [-0.25, -0.2) is 9.69 Å². The van der Waals surface area contributed by atoms with Crippen LogP contribution in [0.5, 0.6) is 0 Å². The smallest absolute Gasteiger partial charge is 0.338 e. The highest BCUT2D eigenvalue weighted by Crippen LogP contribution is 2.36. The van der Waals surface area contributed by atoms with Gasteiger partial charge in [-0.05, 0) is 49.9 Å². The Labute approximate surface area is 165 Å². The van der Waals surface area contributed by atoms with Crippen molar-refractivity contribution in [1.82, 2.24) is 0 Å². The number of benzene rings is 1. The molecular weight excluding hydrogens is 356 g/mol. The Morgan fingerprint density at radius 1 is 1.04 bits per heavy atom. The third kappa shape index (κ3) is 3.49. The molecule has 0 spiro atoms. The van der Waals surface area contributed by atoms with Crippen LogP contribution in [0.1, 0.15) is 42.5 Å². The number of hydrogen-bond donors (Lipinski definition) is 0. The number of esters is 1. The molecule has 3 heterocycles. The minimum atomic E-state index is -0.369. The molecule has 2 amide bonds. The van der Waals surface area contributed by atoms with Gasteiger partial charge in [0.25, 0.3) is 11.8 Å². The van der Waals surface area contributed by atoms with Gasteiger partial charge < -0.3 is 9.22 Å². The van der Waals surface area contributed by atoms with Crippen LogP contribution >= 0.6 is 0 Å². The number of carbonyl (C=O) groups is 3. The number of piperidine rings is 2. The quantitative estimate of drug-likeness (QED) is 0.456. The number of imide groups is 1. The Hall–Kier alpha value is -2.47. The molecule has 4 rings (SSSR count). The molecule has 3 aliphatic rings. The van der Waals surface area contributed by atoms with Crippen LogP contribution in [0.25, 0.3) is 0 Å². The van der Waals surface area contributed by atoms with Crippen molar-refractivity contribution in [3.8, 4) is 0 Å². The molecule has 6 heteroatoms. The van der Waals surface area contributed by atoms with Gasteiger partial charge in [-0.2, -0.15) is 0 Å². The molecule has 0 radical (unpaired) electrons. The monoisotopic (exact) mass is 383 g/mol. The summed E-state index contributed by atoms with van der Waals surface area (Å²) in [7, 11) is 2.35. The summed E-state index contributed by atoms with van der Waals surface area (Å²) in [5.41, 5.74) is 0.895. The van der Waals surface area contributed by atoms with Gasteiger partial charge in [0.2, 0.25) is 0 Å². The molecule has 1 aromatic carbocycles. The topological polar surface area (TPSA) is 63.7 Å². The first kappa shape index (κ1) is 18.9. The summed E-state index contributed by atoms with van der Waals surface area (Å²) in [6.07, 6.45) is 8.58. The number of carbonyl (C=O) groups excluding carboxylic acids is 3. The molecule has 6 nitrogen and oxygen atoms in total. The standard InChI is InChI=1S/C22H27N2O4/c1-24-13-3-2-6-19(24)17(5-4-14-24)15-28-22(27)16-7-9-18(10-8-16)23-20(25)11-12-21(23)26/h7-12,17,19H,2-6,13-15H2,1H3/q+1/t17-,19+,24?/m1/s1. The minimum absolute atomic E-state index is 0.348. The van der Waals surface area contributed by atoms with Crippen molar-refractivity contribution in [2.75, 3.05) is 31.6 Å². The molecular formula is C22H27N2O4+. The number of amides is 2. The fourth-order valence-corrected chi connectivity index (χ4v) is 5.10. The van der Waals surface area contributed by atoms with Crippen molar-refractivity contribution < 1.29 is 23.6 Å². The first-order valence-electron chi connectivity index (χ1n) is 10.2. The zero-order valence-electron chi connectivity index (χ0n) is 16.3. The van der Waals surface area contributed by atoms with E-state index in [4.69, 9.17) is 4.74 Å². The van der Waals surface area contributed by atoms with E-state index in [-0.39, 0.29) is 17.8 Å². The summed E-state index contributed by atoms with van der Waals surface area (Å²) in [5.74, 6) is -0.662. The van der Waals surface area contributed by atoms with Crippen LogP contribution in [0.3, 0.4) is 0 Å². The highest BCUT2D eigenvalue weighted by Gasteiger charge is 2.43. The molecule has 0 N–H and O–H groups in total. The van der Waals surface area contributed by atoms with Crippen molar-refractivity contribution >= 4 is 23.5 Å². The van der Waals surface area contributed by atoms with Crippen molar-refractivity contribution in [2.45, 2.75) is 38.1 Å². The molecule has 3 atom stereocenters. The Kier molecular flexibility index (Phi) is 5.06. The lowest BCUT2D eigenvalue weighted by atomic mass is 9.82. The number of rotatable bonds is 4. The van der Waals surface area contributed by atoms with E-state index in [2.05, 4.69) is 7.05 Å². The van der Waals surface area contributed by atoms with E-state index in [0.29, 0.717) is 29.8 Å². The largest absolute Gasteiger partial charge is 0.462 e. The third-order valence-corrected chi connectivity index (χ3v) is 6.61. The Bertz CT molecular complexity index is 794. The fraction of sp³-hybridized carbons (Fsp3) is 0.500. The van der Waals surface area contributed by atoms with Gasteiger partial charge in [0.15, 0.2) is 0 Å². The average Bonchev–Trinajstić information content (AvgIpc) is 3.03. The normalized spacial score (nSPS) is 29.7. The van der Waals surface area contributed by atoms with Crippen LogP contribution in [0.15, 0.2) is 36.4 Å². The second-order valence-corrected chi connectivity index (χ2v) is 8.38. The van der Waals surface area contributed by atoms with E-state index < -0.39 is 0 Å². The first-order chi connectivity index (χ1) is 13.5. The van der Waals surface area contributed by atoms with Crippen LogP contribution in [-0.4, -0.2) is 55.1 Å². The molecule has 1 unspecified atom stereocenters. The van der Waals surface area contributed by atoms with Crippen molar-refractivity contribution in [2.24, 2.45) is 5.92 Å². The summed E-state index contributed by atoms with van der Waals surface area (Å²) < 4.78 is 6.79. The van der Waals surface area contributed by atoms with Gasteiger partial charge >= 0.3 is 5.97 Å². The number of ether oxygens (including phenoxy) is 1.